The van der Waals surface area contributed by atoms with Crippen molar-refractivity contribution in [3.8, 4) is 28.3 Å². The molecule has 0 aliphatic rings. The first-order chi connectivity index (χ1) is 12.7. The molecule has 2 heterocycles. The van der Waals surface area contributed by atoms with E-state index in [-0.39, 0.29) is 0 Å². The monoisotopic (exact) mass is 363 g/mol. The number of aryl methyl sites for hydroxylation is 1. The SMILES string of the molecule is CCCOc1ccc(-c2c(C)sc3nc(-c4cccc(N)c4)cn23)cc1. The highest BCUT2D eigenvalue weighted by Crippen LogP contribution is 2.34. The van der Waals surface area contributed by atoms with Gasteiger partial charge in [-0.1, -0.05) is 19.1 Å². The van der Waals surface area contributed by atoms with Crippen LogP contribution in [0.4, 0.5) is 5.69 Å². The minimum Gasteiger partial charge on any atom is -0.494 e. The maximum atomic E-state index is 5.92. The van der Waals surface area contributed by atoms with Gasteiger partial charge in [0.1, 0.15) is 5.75 Å². The number of nitrogen functional groups attached to an aromatic ring is 1. The lowest BCUT2D eigenvalue weighted by Crippen LogP contribution is -1.94. The standard InChI is InChI=1S/C21H21N3OS/c1-3-11-25-18-9-7-15(8-10-18)20-14(2)26-21-23-19(13-24(20)21)16-5-4-6-17(22)12-16/h4-10,12-13H,3,11,22H2,1-2H3. The van der Waals surface area contributed by atoms with Crippen molar-refractivity contribution in [1.82, 2.24) is 9.38 Å². The molecule has 26 heavy (non-hydrogen) atoms. The maximum Gasteiger partial charge on any atom is 0.194 e. The number of ether oxygens (including phenoxy) is 1. The van der Waals surface area contributed by atoms with Crippen LogP contribution in [0.1, 0.15) is 18.2 Å². The molecule has 4 aromatic rings. The van der Waals surface area contributed by atoms with Crippen molar-refractivity contribution in [3.05, 3.63) is 59.6 Å². The normalized spacial score (nSPS) is 11.2. The highest BCUT2D eigenvalue weighted by Gasteiger charge is 2.15. The highest BCUT2D eigenvalue weighted by atomic mass is 32.1. The molecule has 0 spiro atoms. The third-order valence-electron chi connectivity index (χ3n) is 4.28. The third kappa shape index (κ3) is 3.06. The van der Waals surface area contributed by atoms with Crippen molar-refractivity contribution in [3.63, 3.8) is 0 Å². The molecule has 4 nitrogen and oxygen atoms in total. The van der Waals surface area contributed by atoms with Crippen LogP contribution in [-0.2, 0) is 0 Å². The summed E-state index contributed by atoms with van der Waals surface area (Å²) in [5, 5.41) is 0. The van der Waals surface area contributed by atoms with Crippen molar-refractivity contribution >= 4 is 22.0 Å². The summed E-state index contributed by atoms with van der Waals surface area (Å²) >= 11 is 1.70. The van der Waals surface area contributed by atoms with E-state index in [9.17, 15) is 0 Å². The molecule has 0 fully saturated rings. The van der Waals surface area contributed by atoms with Crippen LogP contribution in [0.25, 0.3) is 27.5 Å². The first kappa shape index (κ1) is 16.7. The minimum atomic E-state index is 0.742. The smallest absolute Gasteiger partial charge is 0.194 e. The molecule has 132 valence electrons. The Balaban J connectivity index is 1.74. The second-order valence-corrected chi connectivity index (χ2v) is 7.47. The lowest BCUT2D eigenvalue weighted by molar-refractivity contribution is 0.317. The van der Waals surface area contributed by atoms with Gasteiger partial charge in [0.2, 0.25) is 0 Å². The molecule has 0 atom stereocenters. The zero-order chi connectivity index (χ0) is 18.1. The summed E-state index contributed by atoms with van der Waals surface area (Å²) in [6.07, 6.45) is 3.10. The molecule has 0 amide bonds. The molecular weight excluding hydrogens is 342 g/mol. The summed E-state index contributed by atoms with van der Waals surface area (Å²) < 4.78 is 7.86. The van der Waals surface area contributed by atoms with Gasteiger partial charge in [0.25, 0.3) is 0 Å². The zero-order valence-corrected chi connectivity index (χ0v) is 15.7. The van der Waals surface area contributed by atoms with Gasteiger partial charge in [0, 0.05) is 22.3 Å². The van der Waals surface area contributed by atoms with Crippen molar-refractivity contribution in [2.24, 2.45) is 0 Å². The Morgan fingerprint density at radius 3 is 2.65 bits per heavy atom. The summed E-state index contributed by atoms with van der Waals surface area (Å²) in [6, 6.07) is 16.1. The first-order valence-corrected chi connectivity index (χ1v) is 9.55. The number of anilines is 1. The number of nitrogens with two attached hydrogens (primary N) is 1. The lowest BCUT2D eigenvalue weighted by atomic mass is 10.1. The Kier molecular flexibility index (Phi) is 4.39. The Morgan fingerprint density at radius 1 is 1.12 bits per heavy atom. The number of rotatable bonds is 5. The maximum absolute atomic E-state index is 5.92. The minimum absolute atomic E-state index is 0.742. The van der Waals surface area contributed by atoms with Gasteiger partial charge in [-0.05, 0) is 55.3 Å². The molecule has 4 rings (SSSR count). The molecular formula is C21H21N3OS. The summed E-state index contributed by atoms with van der Waals surface area (Å²) in [5.74, 6) is 0.908. The molecule has 0 radical (unpaired) electrons. The van der Waals surface area contributed by atoms with Gasteiger partial charge in [0.15, 0.2) is 4.96 Å². The molecule has 2 N–H and O–H groups in total. The average Bonchev–Trinajstić information content (AvgIpc) is 3.17. The molecule has 0 saturated heterocycles. The van der Waals surface area contributed by atoms with Gasteiger partial charge in [0.05, 0.1) is 18.0 Å². The largest absolute Gasteiger partial charge is 0.494 e. The third-order valence-corrected chi connectivity index (χ3v) is 5.25. The zero-order valence-electron chi connectivity index (χ0n) is 14.9. The number of imidazole rings is 1. The fraction of sp³-hybridized carbons (Fsp3) is 0.190. The number of hydrogen-bond acceptors (Lipinski definition) is 4. The quantitative estimate of drug-likeness (QED) is 0.482. The molecule has 2 aromatic carbocycles. The summed E-state index contributed by atoms with van der Waals surface area (Å²) in [5.41, 5.74) is 11.0. The predicted octanol–water partition coefficient (Wildman–Crippen LogP) is 5.41. The number of fused-ring (bicyclic) bond motifs is 1. The van der Waals surface area contributed by atoms with E-state index in [2.05, 4.69) is 36.6 Å². The molecule has 0 unspecified atom stereocenters. The molecule has 0 bridgehead atoms. The number of aromatic nitrogens is 2. The average molecular weight is 363 g/mol. The Labute approximate surface area is 156 Å². The van der Waals surface area contributed by atoms with Crippen LogP contribution >= 0.6 is 11.3 Å². The topological polar surface area (TPSA) is 52.5 Å². The molecule has 0 aliphatic carbocycles. The second-order valence-electron chi connectivity index (χ2n) is 6.28. The lowest BCUT2D eigenvalue weighted by Gasteiger charge is -2.06. The van der Waals surface area contributed by atoms with E-state index in [4.69, 9.17) is 15.5 Å². The van der Waals surface area contributed by atoms with Crippen molar-refractivity contribution in [1.29, 1.82) is 0 Å². The number of thiazole rings is 1. The van der Waals surface area contributed by atoms with Crippen molar-refractivity contribution in [2.75, 3.05) is 12.3 Å². The fourth-order valence-electron chi connectivity index (χ4n) is 3.06. The van der Waals surface area contributed by atoms with Crippen LogP contribution in [0.15, 0.2) is 54.7 Å². The van der Waals surface area contributed by atoms with E-state index in [0.29, 0.717) is 0 Å². The van der Waals surface area contributed by atoms with Gasteiger partial charge >= 0.3 is 0 Å². The van der Waals surface area contributed by atoms with Crippen LogP contribution in [0.2, 0.25) is 0 Å². The van der Waals surface area contributed by atoms with Crippen LogP contribution in [-0.4, -0.2) is 16.0 Å². The predicted molar refractivity (Wildman–Crippen MR) is 109 cm³/mol. The highest BCUT2D eigenvalue weighted by molar-refractivity contribution is 7.17. The van der Waals surface area contributed by atoms with Gasteiger partial charge in [-0.25, -0.2) is 4.98 Å². The van der Waals surface area contributed by atoms with E-state index >= 15 is 0 Å². The second kappa shape index (κ2) is 6.84. The number of benzene rings is 2. The van der Waals surface area contributed by atoms with Crippen molar-refractivity contribution < 1.29 is 4.74 Å². The van der Waals surface area contributed by atoms with Gasteiger partial charge in [-0.3, -0.25) is 4.40 Å². The van der Waals surface area contributed by atoms with Crippen LogP contribution in [0, 0.1) is 6.92 Å². The molecule has 0 aliphatic heterocycles. The van der Waals surface area contributed by atoms with Gasteiger partial charge in [-0.2, -0.15) is 0 Å². The number of hydrogen-bond donors (Lipinski definition) is 1. The van der Waals surface area contributed by atoms with Crippen LogP contribution in [0.3, 0.4) is 0 Å². The van der Waals surface area contributed by atoms with Crippen LogP contribution < -0.4 is 10.5 Å². The molecule has 0 saturated carbocycles. The van der Waals surface area contributed by atoms with E-state index in [1.165, 1.54) is 10.6 Å². The van der Waals surface area contributed by atoms with E-state index in [0.717, 1.165) is 46.2 Å². The summed E-state index contributed by atoms with van der Waals surface area (Å²) in [4.78, 5) is 7.02. The number of nitrogens with zero attached hydrogens (tertiary/aromatic N) is 2. The molecule has 2 aromatic heterocycles. The first-order valence-electron chi connectivity index (χ1n) is 8.73. The van der Waals surface area contributed by atoms with E-state index < -0.39 is 0 Å². The summed E-state index contributed by atoms with van der Waals surface area (Å²) in [7, 11) is 0. The van der Waals surface area contributed by atoms with E-state index in [1.807, 2.05) is 36.4 Å². The molecule has 5 heteroatoms. The van der Waals surface area contributed by atoms with Gasteiger partial charge < -0.3 is 10.5 Å². The fourth-order valence-corrected chi connectivity index (χ4v) is 4.03. The van der Waals surface area contributed by atoms with E-state index in [1.54, 1.807) is 11.3 Å². The Hall–Kier alpha value is -2.79. The van der Waals surface area contributed by atoms with Crippen LogP contribution in [0.5, 0.6) is 5.75 Å². The summed E-state index contributed by atoms with van der Waals surface area (Å²) in [6.45, 7) is 4.99. The Bertz CT molecular complexity index is 1050. The van der Waals surface area contributed by atoms with Gasteiger partial charge in [-0.15, -0.1) is 11.3 Å². The van der Waals surface area contributed by atoms with Crippen molar-refractivity contribution in [2.45, 2.75) is 20.3 Å². The Morgan fingerprint density at radius 2 is 1.92 bits per heavy atom.